The first kappa shape index (κ1) is 20.6. The second-order valence-corrected chi connectivity index (χ2v) is 7.97. The molecule has 7 nitrogen and oxygen atoms in total. The Morgan fingerprint density at radius 3 is 2.50 bits per heavy atom. The van der Waals surface area contributed by atoms with Crippen LogP contribution in [-0.2, 0) is 19.6 Å². The minimum Gasteiger partial charge on any atom is -0.383 e. The molecule has 1 atom stereocenters. The molecule has 0 saturated carbocycles. The molecule has 0 spiro atoms. The van der Waals surface area contributed by atoms with Crippen LogP contribution < -0.4 is 5.32 Å². The predicted molar refractivity (Wildman–Crippen MR) is 102 cm³/mol. The van der Waals surface area contributed by atoms with E-state index in [-0.39, 0.29) is 11.9 Å². The molecule has 1 heterocycles. The van der Waals surface area contributed by atoms with Gasteiger partial charge in [0.1, 0.15) is 0 Å². The summed E-state index contributed by atoms with van der Waals surface area (Å²) in [5.74, 6) is -0.0673. The highest BCUT2D eigenvalue weighted by Crippen LogP contribution is 2.13. The van der Waals surface area contributed by atoms with E-state index in [1.807, 2.05) is 42.2 Å². The molecule has 0 aliphatic carbocycles. The van der Waals surface area contributed by atoms with Gasteiger partial charge in [0.2, 0.25) is 15.9 Å². The van der Waals surface area contributed by atoms with Crippen molar-refractivity contribution in [2.75, 3.05) is 46.4 Å². The van der Waals surface area contributed by atoms with E-state index in [0.717, 1.165) is 5.56 Å². The van der Waals surface area contributed by atoms with Crippen LogP contribution in [0.2, 0.25) is 0 Å². The number of piperazine rings is 1. The zero-order valence-corrected chi connectivity index (χ0v) is 16.1. The second kappa shape index (κ2) is 9.82. The first-order valence-corrected chi connectivity index (χ1v) is 10.2. The molecule has 0 bridgehead atoms. The van der Waals surface area contributed by atoms with Crippen LogP contribution in [0.1, 0.15) is 12.5 Å². The number of benzene rings is 1. The number of amides is 1. The largest absolute Gasteiger partial charge is 0.383 e. The Hall–Kier alpha value is -1.74. The van der Waals surface area contributed by atoms with Crippen LogP contribution in [0.15, 0.2) is 35.7 Å². The third-order valence-electron chi connectivity index (χ3n) is 4.40. The van der Waals surface area contributed by atoms with Gasteiger partial charge in [0.05, 0.1) is 12.6 Å². The van der Waals surface area contributed by atoms with Crippen molar-refractivity contribution in [3.63, 3.8) is 0 Å². The second-order valence-electron chi connectivity index (χ2n) is 6.15. The molecule has 1 aliphatic heterocycles. The van der Waals surface area contributed by atoms with Crippen molar-refractivity contribution in [2.24, 2.45) is 0 Å². The Labute approximate surface area is 155 Å². The maximum atomic E-state index is 12.5. The van der Waals surface area contributed by atoms with Gasteiger partial charge < -0.3 is 10.1 Å². The summed E-state index contributed by atoms with van der Waals surface area (Å²) >= 11 is 0. The van der Waals surface area contributed by atoms with Gasteiger partial charge in [-0.3, -0.25) is 9.69 Å². The summed E-state index contributed by atoms with van der Waals surface area (Å²) in [4.78, 5) is 14.1. The van der Waals surface area contributed by atoms with Gasteiger partial charge in [-0.2, -0.15) is 4.31 Å². The van der Waals surface area contributed by atoms with Gasteiger partial charge in [0.25, 0.3) is 0 Å². The van der Waals surface area contributed by atoms with E-state index in [1.54, 1.807) is 13.2 Å². The number of sulfonamides is 1. The molecule has 1 aromatic rings. The van der Waals surface area contributed by atoms with E-state index in [1.165, 1.54) is 9.71 Å². The Balaban J connectivity index is 1.86. The SMILES string of the molecule is COCCNC(=O)[C@@H](C)N1CCN(S(=O)(=O)/C=C/c2ccccc2)CC1. The number of nitrogens with one attached hydrogen (secondary N) is 1. The van der Waals surface area contributed by atoms with Gasteiger partial charge in [-0.15, -0.1) is 0 Å². The third-order valence-corrected chi connectivity index (χ3v) is 5.96. The molecule has 2 rings (SSSR count). The molecule has 1 saturated heterocycles. The molecule has 8 heteroatoms. The fraction of sp³-hybridized carbons (Fsp3) is 0.500. The molecule has 1 fully saturated rings. The summed E-state index contributed by atoms with van der Waals surface area (Å²) < 4.78 is 31.3. The van der Waals surface area contributed by atoms with Crippen molar-refractivity contribution in [1.82, 2.24) is 14.5 Å². The van der Waals surface area contributed by atoms with Crippen LogP contribution in [0.5, 0.6) is 0 Å². The van der Waals surface area contributed by atoms with Crippen LogP contribution >= 0.6 is 0 Å². The monoisotopic (exact) mass is 381 g/mol. The van der Waals surface area contributed by atoms with Gasteiger partial charge in [-0.25, -0.2) is 8.42 Å². The topological polar surface area (TPSA) is 79.0 Å². The molecule has 0 unspecified atom stereocenters. The zero-order chi connectivity index (χ0) is 19.0. The highest BCUT2D eigenvalue weighted by molar-refractivity contribution is 7.92. The van der Waals surface area contributed by atoms with Gasteiger partial charge in [-0.1, -0.05) is 30.3 Å². The van der Waals surface area contributed by atoms with Crippen LogP contribution in [0, 0.1) is 0 Å². The van der Waals surface area contributed by atoms with Gasteiger partial charge in [0.15, 0.2) is 0 Å². The van der Waals surface area contributed by atoms with Crippen molar-refractivity contribution in [2.45, 2.75) is 13.0 Å². The lowest BCUT2D eigenvalue weighted by molar-refractivity contribution is -0.126. The lowest BCUT2D eigenvalue weighted by Gasteiger charge is -2.36. The number of carbonyl (C=O) groups is 1. The summed E-state index contributed by atoms with van der Waals surface area (Å²) in [7, 11) is -1.87. The van der Waals surface area contributed by atoms with Crippen molar-refractivity contribution in [3.8, 4) is 0 Å². The van der Waals surface area contributed by atoms with E-state index < -0.39 is 10.0 Å². The first-order chi connectivity index (χ1) is 12.4. The van der Waals surface area contributed by atoms with Crippen molar-refractivity contribution in [3.05, 3.63) is 41.3 Å². The van der Waals surface area contributed by atoms with E-state index >= 15 is 0 Å². The number of rotatable bonds is 8. The van der Waals surface area contributed by atoms with Gasteiger partial charge in [-0.05, 0) is 18.6 Å². The molecule has 0 aromatic heterocycles. The van der Waals surface area contributed by atoms with Gasteiger partial charge in [0, 0.05) is 45.2 Å². The number of carbonyl (C=O) groups excluding carboxylic acids is 1. The summed E-state index contributed by atoms with van der Waals surface area (Å²) in [6.45, 7) is 4.57. The fourth-order valence-electron chi connectivity index (χ4n) is 2.75. The summed E-state index contributed by atoms with van der Waals surface area (Å²) in [6.07, 6.45) is 1.60. The van der Waals surface area contributed by atoms with Crippen molar-refractivity contribution >= 4 is 22.0 Å². The predicted octanol–water partition coefficient (Wildman–Crippen LogP) is 0.756. The Bertz CT molecular complexity index is 698. The highest BCUT2D eigenvalue weighted by atomic mass is 32.2. The van der Waals surface area contributed by atoms with E-state index in [0.29, 0.717) is 39.3 Å². The molecule has 1 aromatic carbocycles. The molecule has 1 N–H and O–H groups in total. The Morgan fingerprint density at radius 2 is 1.88 bits per heavy atom. The van der Waals surface area contributed by atoms with Crippen LogP contribution in [0.4, 0.5) is 0 Å². The maximum absolute atomic E-state index is 12.5. The number of nitrogens with zero attached hydrogens (tertiary/aromatic N) is 2. The zero-order valence-electron chi connectivity index (χ0n) is 15.3. The fourth-order valence-corrected chi connectivity index (χ4v) is 3.92. The molecule has 1 aliphatic rings. The molecular formula is C18H27N3O4S. The smallest absolute Gasteiger partial charge is 0.237 e. The number of ether oxygens (including phenoxy) is 1. The quantitative estimate of drug-likeness (QED) is 0.673. The normalized spacial score (nSPS) is 18.1. The molecular weight excluding hydrogens is 354 g/mol. The number of hydrogen-bond acceptors (Lipinski definition) is 5. The number of hydrogen-bond donors (Lipinski definition) is 1. The van der Waals surface area contributed by atoms with Crippen LogP contribution in [0.25, 0.3) is 6.08 Å². The molecule has 144 valence electrons. The summed E-state index contributed by atoms with van der Waals surface area (Å²) in [5.41, 5.74) is 0.844. The average Bonchev–Trinajstić information content (AvgIpc) is 2.67. The lowest BCUT2D eigenvalue weighted by Crippen LogP contribution is -2.54. The minimum absolute atomic E-state index is 0.0673. The van der Waals surface area contributed by atoms with E-state index in [9.17, 15) is 13.2 Å². The van der Waals surface area contributed by atoms with Crippen molar-refractivity contribution < 1.29 is 17.9 Å². The Kier molecular flexibility index (Phi) is 7.77. The van der Waals surface area contributed by atoms with E-state index in [4.69, 9.17) is 4.74 Å². The first-order valence-electron chi connectivity index (χ1n) is 8.68. The third kappa shape index (κ3) is 5.91. The standard InChI is InChI=1S/C18H27N3O4S/c1-16(18(22)19-9-14-25-2)20-10-12-21(13-11-20)26(23,24)15-8-17-6-4-3-5-7-17/h3-8,15-16H,9-14H2,1-2H3,(H,19,22)/b15-8+/t16-/m1/s1. The van der Waals surface area contributed by atoms with E-state index in [2.05, 4.69) is 5.32 Å². The summed E-state index contributed by atoms with van der Waals surface area (Å²) in [6, 6.07) is 9.03. The molecule has 1 amide bonds. The van der Waals surface area contributed by atoms with Crippen molar-refractivity contribution in [1.29, 1.82) is 0 Å². The highest BCUT2D eigenvalue weighted by Gasteiger charge is 2.29. The molecule has 0 radical (unpaired) electrons. The van der Waals surface area contributed by atoms with Crippen LogP contribution in [0.3, 0.4) is 0 Å². The lowest BCUT2D eigenvalue weighted by atomic mass is 10.2. The maximum Gasteiger partial charge on any atom is 0.237 e. The molecule has 26 heavy (non-hydrogen) atoms. The Morgan fingerprint density at radius 1 is 1.23 bits per heavy atom. The minimum atomic E-state index is -3.46. The average molecular weight is 381 g/mol. The van der Waals surface area contributed by atoms with Gasteiger partial charge >= 0.3 is 0 Å². The summed E-state index contributed by atoms with van der Waals surface area (Å²) in [5, 5.41) is 4.06. The number of methoxy groups -OCH3 is 1. The van der Waals surface area contributed by atoms with Crippen LogP contribution in [-0.4, -0.2) is 76.0 Å².